The lowest BCUT2D eigenvalue weighted by Crippen LogP contribution is -2.26. The minimum Gasteiger partial charge on any atom is -0.482 e. The zero-order chi connectivity index (χ0) is 16.9. The van der Waals surface area contributed by atoms with Crippen molar-refractivity contribution in [3.63, 3.8) is 0 Å². The Morgan fingerprint density at radius 2 is 2.33 bits per heavy atom. The zero-order valence-electron chi connectivity index (χ0n) is 12.7. The number of benzene rings is 1. The summed E-state index contributed by atoms with van der Waals surface area (Å²) in [6, 6.07) is 6.99. The molecule has 2 N–H and O–H groups in total. The summed E-state index contributed by atoms with van der Waals surface area (Å²) in [7, 11) is 0. The fraction of sp³-hybridized carbons (Fsp3) is 0.312. The van der Waals surface area contributed by atoms with Crippen LogP contribution in [0.4, 0.5) is 5.13 Å². The number of anilines is 1. The predicted molar refractivity (Wildman–Crippen MR) is 88.3 cm³/mol. The van der Waals surface area contributed by atoms with Gasteiger partial charge >= 0.3 is 5.97 Å². The van der Waals surface area contributed by atoms with Crippen molar-refractivity contribution in [1.29, 1.82) is 0 Å². The van der Waals surface area contributed by atoms with Crippen molar-refractivity contribution in [2.24, 2.45) is 0 Å². The number of hydrogen-bond acceptors (Lipinski definition) is 6. The molecule has 2 aromatic rings. The smallest absolute Gasteiger partial charge is 0.341 e. The van der Waals surface area contributed by atoms with E-state index in [1.165, 1.54) is 11.3 Å². The predicted octanol–water partition coefficient (Wildman–Crippen LogP) is 2.39. The van der Waals surface area contributed by atoms with Gasteiger partial charge in [-0.3, -0.25) is 10.1 Å². The molecule has 1 aliphatic rings. The highest BCUT2D eigenvalue weighted by Gasteiger charge is 2.24. The first kappa shape index (κ1) is 16.4. The van der Waals surface area contributed by atoms with Crippen molar-refractivity contribution in [2.45, 2.75) is 18.9 Å². The number of nitrogens with one attached hydrogen (secondary N) is 1. The molecule has 0 saturated carbocycles. The second-order valence-electron chi connectivity index (χ2n) is 5.24. The molecule has 1 unspecified atom stereocenters. The molecular weight excluding hydrogens is 332 g/mol. The summed E-state index contributed by atoms with van der Waals surface area (Å²) in [4.78, 5) is 27.0. The van der Waals surface area contributed by atoms with Gasteiger partial charge in [-0.2, -0.15) is 0 Å². The minimum absolute atomic E-state index is 0.174. The van der Waals surface area contributed by atoms with E-state index in [0.29, 0.717) is 23.2 Å². The monoisotopic (exact) mass is 348 g/mol. The Balaban J connectivity index is 1.67. The Morgan fingerprint density at radius 3 is 3.08 bits per heavy atom. The molecule has 126 valence electrons. The Kier molecular flexibility index (Phi) is 5.07. The fourth-order valence-corrected chi connectivity index (χ4v) is 3.05. The molecule has 1 amide bonds. The first-order chi connectivity index (χ1) is 11.6. The van der Waals surface area contributed by atoms with Crippen LogP contribution >= 0.6 is 11.3 Å². The van der Waals surface area contributed by atoms with E-state index in [0.717, 1.165) is 18.4 Å². The number of amides is 1. The molecule has 0 spiro atoms. The third-order valence-corrected chi connectivity index (χ3v) is 4.21. The lowest BCUT2D eigenvalue weighted by molar-refractivity contribution is -0.139. The van der Waals surface area contributed by atoms with Gasteiger partial charge in [0.05, 0.1) is 5.69 Å². The molecule has 1 fully saturated rings. The number of thiazole rings is 1. The van der Waals surface area contributed by atoms with Crippen LogP contribution in [0.2, 0.25) is 0 Å². The van der Waals surface area contributed by atoms with E-state index in [9.17, 15) is 9.59 Å². The Morgan fingerprint density at radius 1 is 1.46 bits per heavy atom. The van der Waals surface area contributed by atoms with Crippen LogP contribution in [0.25, 0.3) is 11.3 Å². The third kappa shape index (κ3) is 4.09. The van der Waals surface area contributed by atoms with E-state index in [1.807, 2.05) is 11.4 Å². The van der Waals surface area contributed by atoms with Crippen LogP contribution in [0.3, 0.4) is 0 Å². The van der Waals surface area contributed by atoms with Gasteiger partial charge in [0.1, 0.15) is 11.9 Å². The third-order valence-electron chi connectivity index (χ3n) is 3.45. The van der Waals surface area contributed by atoms with Crippen LogP contribution in [0.5, 0.6) is 5.75 Å². The molecule has 7 nitrogen and oxygen atoms in total. The molecule has 1 aromatic heterocycles. The van der Waals surface area contributed by atoms with Gasteiger partial charge in [0.2, 0.25) is 0 Å². The number of nitrogens with zero attached hydrogens (tertiary/aromatic N) is 1. The molecule has 0 radical (unpaired) electrons. The van der Waals surface area contributed by atoms with Crippen molar-refractivity contribution in [3.8, 4) is 17.0 Å². The lowest BCUT2D eigenvalue weighted by atomic mass is 10.2. The SMILES string of the molecule is O=C(O)COc1cccc(-c2csc(NC(=O)C3CCCO3)n2)c1. The van der Waals surface area contributed by atoms with Crippen molar-refractivity contribution in [2.75, 3.05) is 18.5 Å². The molecule has 1 aromatic carbocycles. The van der Waals surface area contributed by atoms with Gasteiger partial charge in [0.15, 0.2) is 11.7 Å². The maximum Gasteiger partial charge on any atom is 0.341 e. The molecule has 2 heterocycles. The second kappa shape index (κ2) is 7.41. The first-order valence-electron chi connectivity index (χ1n) is 7.45. The number of carbonyl (C=O) groups is 2. The molecule has 24 heavy (non-hydrogen) atoms. The summed E-state index contributed by atoms with van der Waals surface area (Å²) in [5.41, 5.74) is 1.47. The summed E-state index contributed by atoms with van der Waals surface area (Å²) in [6.45, 7) is 0.216. The first-order valence-corrected chi connectivity index (χ1v) is 8.33. The quantitative estimate of drug-likeness (QED) is 0.832. The molecule has 1 aliphatic heterocycles. The number of hydrogen-bond donors (Lipinski definition) is 2. The van der Waals surface area contributed by atoms with Crippen molar-refractivity contribution < 1.29 is 24.2 Å². The van der Waals surface area contributed by atoms with Crippen LogP contribution in [0, 0.1) is 0 Å². The summed E-state index contributed by atoms with van der Waals surface area (Å²) < 4.78 is 10.5. The Hall–Kier alpha value is -2.45. The van der Waals surface area contributed by atoms with Crippen LogP contribution in [-0.4, -0.2) is 41.3 Å². The lowest BCUT2D eigenvalue weighted by Gasteiger charge is -2.07. The Labute approximate surface area is 142 Å². The minimum atomic E-state index is -1.03. The van der Waals surface area contributed by atoms with Crippen LogP contribution in [-0.2, 0) is 14.3 Å². The topological polar surface area (TPSA) is 97.8 Å². The van der Waals surface area contributed by atoms with Crippen LogP contribution in [0.1, 0.15) is 12.8 Å². The number of carboxylic acid groups (broad SMARTS) is 1. The zero-order valence-corrected chi connectivity index (χ0v) is 13.5. The highest BCUT2D eigenvalue weighted by Crippen LogP contribution is 2.28. The maximum atomic E-state index is 12.0. The van der Waals surface area contributed by atoms with E-state index in [1.54, 1.807) is 18.2 Å². The van der Waals surface area contributed by atoms with Crippen LogP contribution in [0.15, 0.2) is 29.6 Å². The molecule has 0 bridgehead atoms. The van der Waals surface area contributed by atoms with E-state index in [-0.39, 0.29) is 5.91 Å². The number of aliphatic carboxylic acids is 1. The summed E-state index contributed by atoms with van der Waals surface area (Å²) in [5.74, 6) is -0.757. The number of carbonyl (C=O) groups excluding carboxylic acids is 1. The largest absolute Gasteiger partial charge is 0.482 e. The van der Waals surface area contributed by atoms with Crippen molar-refractivity contribution in [3.05, 3.63) is 29.6 Å². The molecule has 1 atom stereocenters. The fourth-order valence-electron chi connectivity index (χ4n) is 2.32. The van der Waals surface area contributed by atoms with Gasteiger partial charge in [0.25, 0.3) is 5.91 Å². The van der Waals surface area contributed by atoms with E-state index in [4.69, 9.17) is 14.6 Å². The average molecular weight is 348 g/mol. The summed E-state index contributed by atoms with van der Waals surface area (Å²) >= 11 is 1.32. The molecular formula is C16H16N2O5S. The summed E-state index contributed by atoms with van der Waals surface area (Å²) in [5, 5.41) is 13.7. The Bertz CT molecular complexity index is 740. The standard InChI is InChI=1S/C16H16N2O5S/c19-14(20)8-23-11-4-1-3-10(7-11)12-9-24-16(17-12)18-15(21)13-5-2-6-22-13/h1,3-4,7,9,13H,2,5-6,8H2,(H,19,20)(H,17,18,21). The molecule has 8 heteroatoms. The summed E-state index contributed by atoms with van der Waals surface area (Å²) in [6.07, 6.45) is 1.22. The normalized spacial score (nSPS) is 16.8. The van der Waals surface area contributed by atoms with Gasteiger partial charge in [-0.25, -0.2) is 9.78 Å². The van der Waals surface area contributed by atoms with E-state index >= 15 is 0 Å². The van der Waals surface area contributed by atoms with Gasteiger partial charge in [-0.15, -0.1) is 11.3 Å². The highest BCUT2D eigenvalue weighted by molar-refractivity contribution is 7.14. The van der Waals surface area contributed by atoms with Gasteiger partial charge in [-0.05, 0) is 25.0 Å². The molecule has 0 aliphatic carbocycles. The number of ether oxygens (including phenoxy) is 2. The van der Waals surface area contributed by atoms with Gasteiger partial charge in [0, 0.05) is 17.6 Å². The molecule has 3 rings (SSSR count). The number of aromatic nitrogens is 1. The average Bonchev–Trinajstić information content (AvgIpc) is 3.25. The van der Waals surface area contributed by atoms with E-state index < -0.39 is 18.7 Å². The van der Waals surface area contributed by atoms with Crippen molar-refractivity contribution in [1.82, 2.24) is 4.98 Å². The van der Waals surface area contributed by atoms with Gasteiger partial charge < -0.3 is 14.6 Å². The number of rotatable bonds is 6. The van der Waals surface area contributed by atoms with E-state index in [2.05, 4.69) is 10.3 Å². The molecule has 1 saturated heterocycles. The van der Waals surface area contributed by atoms with Crippen molar-refractivity contribution >= 4 is 28.3 Å². The van der Waals surface area contributed by atoms with Gasteiger partial charge in [-0.1, -0.05) is 12.1 Å². The second-order valence-corrected chi connectivity index (χ2v) is 6.10. The maximum absolute atomic E-state index is 12.0. The highest BCUT2D eigenvalue weighted by atomic mass is 32.1. The number of carboxylic acids is 1. The van der Waals surface area contributed by atoms with Crippen LogP contribution < -0.4 is 10.1 Å².